The van der Waals surface area contributed by atoms with E-state index in [1.54, 1.807) is 20.8 Å². The van der Waals surface area contributed by atoms with Crippen molar-refractivity contribution < 1.29 is 19.4 Å². The fourth-order valence-corrected chi connectivity index (χ4v) is 0.546. The van der Waals surface area contributed by atoms with Crippen LogP contribution in [0.4, 0.5) is 4.79 Å². The second-order valence-electron chi connectivity index (χ2n) is 3.71. The molecule has 0 aromatic rings. The molecule has 0 saturated heterocycles. The Morgan fingerprint density at radius 3 is 1.93 bits per heavy atom. The van der Waals surface area contributed by atoms with Crippen molar-refractivity contribution >= 4 is 12.1 Å². The number of alkyl carbamates (subject to hydrolysis) is 1. The number of aliphatic carboxylic acids is 1. The van der Waals surface area contributed by atoms with E-state index in [0.717, 1.165) is 0 Å². The van der Waals surface area contributed by atoms with Crippen molar-refractivity contribution in [1.29, 1.82) is 0 Å². The van der Waals surface area contributed by atoms with Crippen LogP contribution in [0.5, 0.6) is 0 Å². The molecule has 0 aromatic carbocycles. The molecule has 90 valence electrons. The molecule has 5 nitrogen and oxygen atoms in total. The molecular formula is C10H21NO4. The number of hydrogen-bond acceptors (Lipinski definition) is 3. The minimum absolute atomic E-state index is 0.609. The van der Waals surface area contributed by atoms with Gasteiger partial charge in [0, 0.05) is 0 Å². The summed E-state index contributed by atoms with van der Waals surface area (Å²) in [6.07, 6.45) is -0.720. The number of carboxylic acid groups (broad SMARTS) is 1. The lowest BCUT2D eigenvalue weighted by Crippen LogP contribution is -2.41. The molecule has 0 bridgehead atoms. The maximum atomic E-state index is 11.0. The molecule has 0 heterocycles. The predicted octanol–water partition coefficient (Wildman–Crippen LogP) is 2.01. The van der Waals surface area contributed by atoms with Crippen LogP contribution < -0.4 is 5.32 Å². The van der Waals surface area contributed by atoms with Crippen LogP contribution in [-0.2, 0) is 9.53 Å². The predicted molar refractivity (Wildman–Crippen MR) is 57.8 cm³/mol. The van der Waals surface area contributed by atoms with Crippen LogP contribution in [0.2, 0.25) is 0 Å². The first-order chi connectivity index (χ1) is 6.72. The van der Waals surface area contributed by atoms with E-state index in [2.05, 4.69) is 5.32 Å². The summed E-state index contributed by atoms with van der Waals surface area (Å²) in [5.41, 5.74) is -0.609. The third-order valence-corrected chi connectivity index (χ3v) is 1.10. The highest BCUT2D eigenvalue weighted by Crippen LogP contribution is 2.06. The highest BCUT2D eigenvalue weighted by atomic mass is 16.6. The van der Waals surface area contributed by atoms with Crippen molar-refractivity contribution in [3.8, 4) is 0 Å². The summed E-state index contributed by atoms with van der Waals surface area (Å²) in [7, 11) is 0. The van der Waals surface area contributed by atoms with E-state index in [-0.39, 0.29) is 0 Å². The molecule has 1 atom stereocenters. The monoisotopic (exact) mass is 219 g/mol. The van der Waals surface area contributed by atoms with Crippen molar-refractivity contribution in [3.05, 3.63) is 0 Å². The molecule has 0 radical (unpaired) electrons. The molecule has 15 heavy (non-hydrogen) atoms. The van der Waals surface area contributed by atoms with Gasteiger partial charge in [0.05, 0.1) is 0 Å². The van der Waals surface area contributed by atoms with E-state index in [1.165, 1.54) is 6.92 Å². The van der Waals surface area contributed by atoms with Crippen LogP contribution >= 0.6 is 0 Å². The standard InChI is InChI=1S/C8H15NO4.C2H6/c1-5(6(10)11)9-7(12)13-8(2,3)4;1-2/h5H,1-4H3,(H,9,12)(H,10,11);1-2H3. The third-order valence-electron chi connectivity index (χ3n) is 1.10. The van der Waals surface area contributed by atoms with Crippen LogP contribution in [0.1, 0.15) is 41.5 Å². The molecule has 0 aromatic heterocycles. The maximum absolute atomic E-state index is 11.0. The van der Waals surface area contributed by atoms with Crippen LogP contribution in [0.15, 0.2) is 0 Å². The number of nitrogens with one attached hydrogen (secondary N) is 1. The minimum Gasteiger partial charge on any atom is -0.480 e. The van der Waals surface area contributed by atoms with Gasteiger partial charge in [0.2, 0.25) is 0 Å². The minimum atomic E-state index is -1.09. The van der Waals surface area contributed by atoms with Crippen molar-refractivity contribution in [2.24, 2.45) is 0 Å². The molecule has 2 N–H and O–H groups in total. The number of hydrogen-bond donors (Lipinski definition) is 2. The van der Waals surface area contributed by atoms with Crippen molar-refractivity contribution in [3.63, 3.8) is 0 Å². The molecule has 0 rings (SSSR count). The zero-order valence-corrected chi connectivity index (χ0v) is 10.2. The van der Waals surface area contributed by atoms with Crippen molar-refractivity contribution in [1.82, 2.24) is 5.32 Å². The highest BCUT2D eigenvalue weighted by molar-refractivity contribution is 5.79. The zero-order valence-electron chi connectivity index (χ0n) is 10.2. The second-order valence-corrected chi connectivity index (χ2v) is 3.71. The molecule has 0 aliphatic rings. The maximum Gasteiger partial charge on any atom is 0.408 e. The summed E-state index contributed by atoms with van der Waals surface area (Å²) in [5, 5.41) is 10.6. The lowest BCUT2D eigenvalue weighted by Gasteiger charge is -2.20. The summed E-state index contributed by atoms with van der Waals surface area (Å²) in [6, 6.07) is -0.935. The first-order valence-electron chi connectivity index (χ1n) is 4.94. The van der Waals surface area contributed by atoms with Gasteiger partial charge in [-0.3, -0.25) is 4.79 Å². The fraction of sp³-hybridized carbons (Fsp3) is 0.800. The van der Waals surface area contributed by atoms with Crippen molar-refractivity contribution in [2.75, 3.05) is 0 Å². The Labute approximate surface area is 90.8 Å². The Morgan fingerprint density at radius 1 is 1.27 bits per heavy atom. The van der Waals surface area contributed by atoms with Crippen LogP contribution in [-0.4, -0.2) is 28.8 Å². The molecule has 0 fully saturated rings. The van der Waals surface area contributed by atoms with E-state index in [9.17, 15) is 9.59 Å². The number of amides is 1. The van der Waals surface area contributed by atoms with E-state index >= 15 is 0 Å². The molecule has 0 aliphatic carbocycles. The van der Waals surface area contributed by atoms with Crippen LogP contribution in [0, 0.1) is 0 Å². The lowest BCUT2D eigenvalue weighted by molar-refractivity contribution is -0.139. The highest BCUT2D eigenvalue weighted by Gasteiger charge is 2.20. The van der Waals surface area contributed by atoms with Gasteiger partial charge in [-0.05, 0) is 27.7 Å². The van der Waals surface area contributed by atoms with E-state index in [0.29, 0.717) is 0 Å². The van der Waals surface area contributed by atoms with Gasteiger partial charge in [0.15, 0.2) is 0 Å². The lowest BCUT2D eigenvalue weighted by atomic mass is 10.2. The van der Waals surface area contributed by atoms with Crippen molar-refractivity contribution in [2.45, 2.75) is 53.2 Å². The zero-order chi connectivity index (χ0) is 12.6. The Balaban J connectivity index is 0. The Hall–Kier alpha value is -1.26. The SMILES string of the molecule is CC.CC(NC(=O)OC(C)(C)C)C(=O)O. The summed E-state index contributed by atoms with van der Waals surface area (Å²) < 4.78 is 4.85. The normalized spacial score (nSPS) is 11.9. The van der Waals surface area contributed by atoms with E-state index < -0.39 is 23.7 Å². The topological polar surface area (TPSA) is 75.6 Å². The van der Waals surface area contributed by atoms with Gasteiger partial charge in [-0.2, -0.15) is 0 Å². The molecule has 0 spiro atoms. The second kappa shape index (κ2) is 7.09. The molecule has 0 aliphatic heterocycles. The van der Waals surface area contributed by atoms with E-state index in [1.807, 2.05) is 13.8 Å². The third kappa shape index (κ3) is 10.7. The van der Waals surface area contributed by atoms with Gasteiger partial charge in [0.25, 0.3) is 0 Å². The van der Waals surface area contributed by atoms with Crippen LogP contribution in [0.25, 0.3) is 0 Å². The quantitative estimate of drug-likeness (QED) is 0.745. The number of carbonyl (C=O) groups is 2. The first kappa shape index (κ1) is 16.2. The summed E-state index contributed by atoms with van der Waals surface area (Å²) >= 11 is 0. The first-order valence-corrected chi connectivity index (χ1v) is 4.94. The van der Waals surface area contributed by atoms with Crippen LogP contribution in [0.3, 0.4) is 0 Å². The fourth-order valence-electron chi connectivity index (χ4n) is 0.546. The molecule has 0 saturated carbocycles. The van der Waals surface area contributed by atoms with Gasteiger partial charge < -0.3 is 15.2 Å². The Kier molecular flexibility index (Phi) is 7.65. The van der Waals surface area contributed by atoms with E-state index in [4.69, 9.17) is 9.84 Å². The van der Waals surface area contributed by atoms with Gasteiger partial charge in [-0.1, -0.05) is 13.8 Å². The Morgan fingerprint density at radius 2 is 1.67 bits per heavy atom. The molecule has 1 amide bonds. The summed E-state index contributed by atoms with van der Waals surface area (Å²) in [5.74, 6) is -1.09. The van der Waals surface area contributed by atoms with Gasteiger partial charge in [0.1, 0.15) is 11.6 Å². The smallest absolute Gasteiger partial charge is 0.408 e. The number of ether oxygens (including phenoxy) is 1. The number of carboxylic acids is 1. The Bertz CT molecular complexity index is 208. The molecular weight excluding hydrogens is 198 g/mol. The molecule has 1 unspecified atom stereocenters. The number of rotatable bonds is 2. The summed E-state index contributed by atoms with van der Waals surface area (Å²) in [4.78, 5) is 21.3. The van der Waals surface area contributed by atoms with Gasteiger partial charge >= 0.3 is 12.1 Å². The van der Waals surface area contributed by atoms with Gasteiger partial charge in [-0.15, -0.1) is 0 Å². The summed E-state index contributed by atoms with van der Waals surface area (Å²) in [6.45, 7) is 10.5. The largest absolute Gasteiger partial charge is 0.480 e. The molecule has 5 heteroatoms. The average Bonchev–Trinajstić information content (AvgIpc) is 2.03. The average molecular weight is 219 g/mol. The number of carbonyl (C=O) groups excluding carboxylic acids is 1. The van der Waals surface area contributed by atoms with Gasteiger partial charge in [-0.25, -0.2) is 4.79 Å².